The Balaban J connectivity index is 1.41. The van der Waals surface area contributed by atoms with Gasteiger partial charge in [0.2, 0.25) is 5.91 Å². The SMILES string of the molecule is O=C(Cn1cnc2ccc(F)cc2c1=O)Nc1ccccc1N1CCc2ccccc21. The van der Waals surface area contributed by atoms with Crippen LogP contribution in [0.3, 0.4) is 0 Å². The van der Waals surface area contributed by atoms with Crippen molar-refractivity contribution >= 4 is 33.9 Å². The fraction of sp³-hybridized carbons (Fsp3) is 0.125. The van der Waals surface area contributed by atoms with Gasteiger partial charge < -0.3 is 10.2 Å². The summed E-state index contributed by atoms with van der Waals surface area (Å²) in [5.41, 5.74) is 3.89. The molecule has 0 radical (unpaired) electrons. The molecule has 31 heavy (non-hydrogen) atoms. The van der Waals surface area contributed by atoms with Crippen molar-refractivity contribution in [2.45, 2.75) is 13.0 Å². The second-order valence-electron chi connectivity index (χ2n) is 7.43. The van der Waals surface area contributed by atoms with Crippen LogP contribution in [0.5, 0.6) is 0 Å². The Bertz CT molecular complexity index is 1370. The predicted octanol–water partition coefficient (Wildman–Crippen LogP) is 3.87. The van der Waals surface area contributed by atoms with Gasteiger partial charge in [0, 0.05) is 12.2 Å². The van der Waals surface area contributed by atoms with Gasteiger partial charge >= 0.3 is 0 Å². The average molecular weight is 414 g/mol. The number of hydrogen-bond donors (Lipinski definition) is 1. The lowest BCUT2D eigenvalue weighted by Gasteiger charge is -2.23. The maximum absolute atomic E-state index is 13.5. The van der Waals surface area contributed by atoms with Crippen LogP contribution in [0.15, 0.2) is 77.9 Å². The van der Waals surface area contributed by atoms with E-state index in [1.54, 1.807) is 0 Å². The Hall–Kier alpha value is -4.00. The summed E-state index contributed by atoms with van der Waals surface area (Å²) in [6, 6.07) is 19.6. The van der Waals surface area contributed by atoms with Crippen molar-refractivity contribution < 1.29 is 9.18 Å². The van der Waals surface area contributed by atoms with Gasteiger partial charge in [-0.2, -0.15) is 0 Å². The van der Waals surface area contributed by atoms with Crippen LogP contribution in [0.4, 0.5) is 21.5 Å². The maximum Gasteiger partial charge on any atom is 0.261 e. The maximum atomic E-state index is 13.5. The van der Waals surface area contributed by atoms with Crippen molar-refractivity contribution in [2.24, 2.45) is 0 Å². The Morgan fingerprint density at radius 1 is 1.03 bits per heavy atom. The molecule has 1 amide bonds. The first-order valence-electron chi connectivity index (χ1n) is 9.99. The van der Waals surface area contributed by atoms with Crippen molar-refractivity contribution in [3.8, 4) is 0 Å². The number of carbonyl (C=O) groups excluding carboxylic acids is 1. The number of halogens is 1. The molecule has 1 N–H and O–H groups in total. The molecule has 4 aromatic rings. The number of anilines is 3. The minimum absolute atomic E-state index is 0.143. The second kappa shape index (κ2) is 7.68. The van der Waals surface area contributed by atoms with Gasteiger partial charge in [-0.25, -0.2) is 9.37 Å². The summed E-state index contributed by atoms with van der Waals surface area (Å²) in [7, 11) is 0. The Labute approximate surface area is 177 Å². The number of benzene rings is 3. The molecule has 3 aromatic carbocycles. The van der Waals surface area contributed by atoms with E-state index < -0.39 is 11.4 Å². The minimum atomic E-state index is -0.520. The van der Waals surface area contributed by atoms with Gasteiger partial charge in [0.1, 0.15) is 12.4 Å². The number of para-hydroxylation sites is 3. The molecular formula is C24H19FN4O2. The highest BCUT2D eigenvalue weighted by Gasteiger charge is 2.22. The molecule has 0 bridgehead atoms. The molecule has 6 nitrogen and oxygen atoms in total. The Kier molecular flexibility index (Phi) is 4.71. The second-order valence-corrected chi connectivity index (χ2v) is 7.43. The molecule has 1 aliphatic rings. The van der Waals surface area contributed by atoms with E-state index in [2.05, 4.69) is 27.3 Å². The molecule has 0 atom stereocenters. The van der Waals surface area contributed by atoms with Crippen molar-refractivity contribution in [1.29, 1.82) is 0 Å². The zero-order chi connectivity index (χ0) is 21.4. The highest BCUT2D eigenvalue weighted by molar-refractivity contribution is 5.95. The molecule has 0 fully saturated rings. The number of nitrogens with one attached hydrogen (secondary N) is 1. The van der Waals surface area contributed by atoms with Crippen LogP contribution in [0, 0.1) is 5.82 Å². The van der Waals surface area contributed by atoms with Gasteiger partial charge in [0.25, 0.3) is 5.56 Å². The zero-order valence-electron chi connectivity index (χ0n) is 16.6. The number of aromatic nitrogens is 2. The van der Waals surface area contributed by atoms with Gasteiger partial charge in [-0.05, 0) is 48.4 Å². The standard InChI is InChI=1S/C24H19FN4O2/c25-17-9-10-19-18(13-17)24(31)28(15-26-19)14-23(30)27-20-6-2-4-8-22(20)29-12-11-16-5-1-3-7-21(16)29/h1-10,13,15H,11-12,14H2,(H,27,30). The van der Waals surface area contributed by atoms with E-state index in [1.807, 2.05) is 36.4 Å². The van der Waals surface area contributed by atoms with Gasteiger partial charge in [-0.3, -0.25) is 14.2 Å². The molecular weight excluding hydrogens is 395 g/mol. The molecule has 0 spiro atoms. The normalized spacial score (nSPS) is 12.7. The van der Waals surface area contributed by atoms with Crippen molar-refractivity contribution in [2.75, 3.05) is 16.8 Å². The topological polar surface area (TPSA) is 67.2 Å². The van der Waals surface area contributed by atoms with E-state index in [1.165, 1.54) is 28.6 Å². The van der Waals surface area contributed by atoms with E-state index in [4.69, 9.17) is 0 Å². The summed E-state index contributed by atoms with van der Waals surface area (Å²) < 4.78 is 14.7. The summed E-state index contributed by atoms with van der Waals surface area (Å²) >= 11 is 0. The van der Waals surface area contributed by atoms with E-state index in [0.717, 1.165) is 30.4 Å². The molecule has 154 valence electrons. The zero-order valence-corrected chi connectivity index (χ0v) is 16.6. The molecule has 0 aliphatic carbocycles. The van der Waals surface area contributed by atoms with Crippen molar-refractivity contribution in [1.82, 2.24) is 9.55 Å². The molecule has 1 aromatic heterocycles. The summed E-state index contributed by atoms with van der Waals surface area (Å²) in [5, 5.41) is 3.05. The fourth-order valence-electron chi connectivity index (χ4n) is 3.99. The van der Waals surface area contributed by atoms with Crippen LogP contribution in [-0.4, -0.2) is 22.0 Å². The first-order valence-corrected chi connectivity index (χ1v) is 9.99. The first kappa shape index (κ1) is 19.0. The lowest BCUT2D eigenvalue weighted by molar-refractivity contribution is -0.116. The third kappa shape index (κ3) is 3.54. The van der Waals surface area contributed by atoms with Gasteiger partial charge in [-0.15, -0.1) is 0 Å². The first-order chi connectivity index (χ1) is 15.1. The molecule has 1 aliphatic heterocycles. The quantitative estimate of drug-likeness (QED) is 0.551. The van der Waals surface area contributed by atoms with E-state index in [9.17, 15) is 14.0 Å². The van der Waals surface area contributed by atoms with Gasteiger partial charge in [0.05, 0.1) is 28.6 Å². The molecule has 5 rings (SSSR count). The Morgan fingerprint density at radius 2 is 1.81 bits per heavy atom. The molecule has 7 heteroatoms. The molecule has 0 unspecified atom stereocenters. The highest BCUT2D eigenvalue weighted by Crippen LogP contribution is 2.38. The van der Waals surface area contributed by atoms with Crippen LogP contribution >= 0.6 is 0 Å². The fourth-order valence-corrected chi connectivity index (χ4v) is 3.99. The predicted molar refractivity (Wildman–Crippen MR) is 118 cm³/mol. The van der Waals surface area contributed by atoms with Crippen LogP contribution < -0.4 is 15.8 Å². The van der Waals surface area contributed by atoms with E-state index in [-0.39, 0.29) is 17.8 Å². The van der Waals surface area contributed by atoms with Crippen molar-refractivity contribution in [3.63, 3.8) is 0 Å². The monoisotopic (exact) mass is 414 g/mol. The van der Waals surface area contributed by atoms with E-state index >= 15 is 0 Å². The van der Waals surface area contributed by atoms with Gasteiger partial charge in [-0.1, -0.05) is 30.3 Å². The Morgan fingerprint density at radius 3 is 2.68 bits per heavy atom. The van der Waals surface area contributed by atoms with Crippen LogP contribution in [0.25, 0.3) is 10.9 Å². The summed E-state index contributed by atoms with van der Waals surface area (Å²) in [5.74, 6) is -0.881. The highest BCUT2D eigenvalue weighted by atomic mass is 19.1. The number of rotatable bonds is 4. The summed E-state index contributed by atoms with van der Waals surface area (Å²) in [4.78, 5) is 31.7. The van der Waals surface area contributed by atoms with Gasteiger partial charge in [0.15, 0.2) is 0 Å². The average Bonchev–Trinajstić information content (AvgIpc) is 3.20. The van der Waals surface area contributed by atoms with Crippen molar-refractivity contribution in [3.05, 3.63) is 94.8 Å². The molecule has 2 heterocycles. The van der Waals surface area contributed by atoms with E-state index in [0.29, 0.717) is 11.2 Å². The summed E-state index contributed by atoms with van der Waals surface area (Å²) in [6.07, 6.45) is 2.25. The third-order valence-corrected chi connectivity index (χ3v) is 5.46. The van der Waals surface area contributed by atoms with Crippen LogP contribution in [-0.2, 0) is 17.8 Å². The number of hydrogen-bond acceptors (Lipinski definition) is 4. The van der Waals surface area contributed by atoms with Crippen LogP contribution in [0.1, 0.15) is 5.56 Å². The lowest BCUT2D eigenvalue weighted by atomic mass is 10.2. The number of fused-ring (bicyclic) bond motifs is 2. The minimum Gasteiger partial charge on any atom is -0.339 e. The number of amides is 1. The third-order valence-electron chi connectivity index (χ3n) is 5.46. The number of carbonyl (C=O) groups is 1. The molecule has 0 saturated carbocycles. The summed E-state index contributed by atoms with van der Waals surface area (Å²) in [6.45, 7) is 0.606. The smallest absolute Gasteiger partial charge is 0.261 e. The van der Waals surface area contributed by atoms with Crippen LogP contribution in [0.2, 0.25) is 0 Å². The number of nitrogens with zero attached hydrogens (tertiary/aromatic N) is 3. The molecule has 0 saturated heterocycles. The largest absolute Gasteiger partial charge is 0.339 e. The lowest BCUT2D eigenvalue weighted by Crippen LogP contribution is -2.28.